The first-order valence-electron chi connectivity index (χ1n) is 6.45. The molecule has 0 aromatic heterocycles. The van der Waals surface area contributed by atoms with Gasteiger partial charge >= 0.3 is 0 Å². The van der Waals surface area contributed by atoms with Gasteiger partial charge in [-0.05, 0) is 31.0 Å². The second-order valence-corrected chi connectivity index (χ2v) is 7.52. The molecule has 0 bridgehead atoms. The largest absolute Gasteiger partial charge is 0.391 e. The van der Waals surface area contributed by atoms with Gasteiger partial charge in [0, 0.05) is 10.5 Å². The molecule has 19 heavy (non-hydrogen) atoms. The van der Waals surface area contributed by atoms with Crippen molar-refractivity contribution in [2.45, 2.75) is 49.1 Å². The maximum absolute atomic E-state index is 12.3. The topological polar surface area (TPSA) is 66.4 Å². The van der Waals surface area contributed by atoms with Crippen LogP contribution in [0.3, 0.4) is 0 Å². The molecule has 0 saturated heterocycles. The zero-order valence-corrected chi connectivity index (χ0v) is 13.0. The minimum atomic E-state index is -3.57. The van der Waals surface area contributed by atoms with E-state index in [1.807, 2.05) is 0 Å². The predicted molar refractivity (Wildman–Crippen MR) is 77.3 cm³/mol. The second kappa shape index (κ2) is 6.35. The highest BCUT2D eigenvalue weighted by atomic mass is 79.9. The minimum Gasteiger partial charge on any atom is -0.391 e. The van der Waals surface area contributed by atoms with E-state index in [1.54, 1.807) is 24.3 Å². The number of hydrogen-bond acceptors (Lipinski definition) is 3. The van der Waals surface area contributed by atoms with E-state index in [-0.39, 0.29) is 10.9 Å². The Bertz CT molecular complexity index is 532. The SMILES string of the molecule is O=S(=O)(NC1CCCCCC1O)c1cccc(Br)c1. The summed E-state index contributed by atoms with van der Waals surface area (Å²) in [4.78, 5) is 0.221. The lowest BCUT2D eigenvalue weighted by molar-refractivity contribution is 0.130. The molecular formula is C13H18BrNO3S. The van der Waals surface area contributed by atoms with E-state index in [0.717, 1.165) is 23.7 Å². The highest BCUT2D eigenvalue weighted by Crippen LogP contribution is 2.21. The molecule has 1 saturated carbocycles. The fourth-order valence-electron chi connectivity index (χ4n) is 2.33. The van der Waals surface area contributed by atoms with Crippen molar-refractivity contribution in [2.75, 3.05) is 0 Å². The Morgan fingerprint density at radius 1 is 1.21 bits per heavy atom. The lowest BCUT2D eigenvalue weighted by Gasteiger charge is -2.21. The first-order chi connectivity index (χ1) is 8.99. The van der Waals surface area contributed by atoms with Crippen molar-refractivity contribution in [2.24, 2.45) is 0 Å². The molecule has 2 unspecified atom stereocenters. The van der Waals surface area contributed by atoms with E-state index in [1.165, 1.54) is 0 Å². The van der Waals surface area contributed by atoms with Gasteiger partial charge in [0.05, 0.1) is 11.0 Å². The summed E-state index contributed by atoms with van der Waals surface area (Å²) in [6.07, 6.45) is 3.70. The van der Waals surface area contributed by atoms with Crippen LogP contribution in [-0.4, -0.2) is 25.7 Å². The van der Waals surface area contributed by atoms with Crippen LogP contribution in [0.1, 0.15) is 32.1 Å². The van der Waals surface area contributed by atoms with Gasteiger partial charge in [-0.1, -0.05) is 41.3 Å². The van der Waals surface area contributed by atoms with Crippen molar-refractivity contribution >= 4 is 26.0 Å². The molecule has 0 amide bonds. The molecule has 2 N–H and O–H groups in total. The maximum Gasteiger partial charge on any atom is 0.240 e. The number of rotatable bonds is 3. The van der Waals surface area contributed by atoms with Gasteiger partial charge in [0.25, 0.3) is 0 Å². The molecule has 0 spiro atoms. The summed E-state index contributed by atoms with van der Waals surface area (Å²) in [5, 5.41) is 9.98. The third kappa shape index (κ3) is 4.02. The summed E-state index contributed by atoms with van der Waals surface area (Å²) in [6, 6.07) is 6.19. The standard InChI is InChI=1S/C13H18BrNO3S/c14-10-5-4-6-11(9-10)19(17,18)15-12-7-2-1-3-8-13(12)16/h4-6,9,12-13,15-16H,1-3,7-8H2. The average Bonchev–Trinajstić information content (AvgIpc) is 2.55. The van der Waals surface area contributed by atoms with Crippen LogP contribution in [0.4, 0.5) is 0 Å². The summed E-state index contributed by atoms with van der Waals surface area (Å²) < 4.78 is 27.9. The van der Waals surface area contributed by atoms with Crippen LogP contribution in [-0.2, 0) is 10.0 Å². The molecule has 0 heterocycles. The molecule has 2 atom stereocenters. The van der Waals surface area contributed by atoms with Gasteiger partial charge in [-0.15, -0.1) is 0 Å². The van der Waals surface area contributed by atoms with Crippen LogP contribution >= 0.6 is 15.9 Å². The van der Waals surface area contributed by atoms with Crippen molar-refractivity contribution in [1.82, 2.24) is 4.72 Å². The molecule has 1 aromatic carbocycles. The van der Waals surface area contributed by atoms with Crippen molar-refractivity contribution in [3.8, 4) is 0 Å². The number of benzene rings is 1. The van der Waals surface area contributed by atoms with E-state index < -0.39 is 16.1 Å². The lowest BCUT2D eigenvalue weighted by Crippen LogP contribution is -2.42. The van der Waals surface area contributed by atoms with Gasteiger partial charge in [-0.25, -0.2) is 13.1 Å². The summed E-state index contributed by atoms with van der Waals surface area (Å²) >= 11 is 3.26. The van der Waals surface area contributed by atoms with Crippen LogP contribution in [0.15, 0.2) is 33.6 Å². The number of halogens is 1. The number of nitrogens with one attached hydrogen (secondary N) is 1. The van der Waals surface area contributed by atoms with E-state index in [4.69, 9.17) is 0 Å². The van der Waals surface area contributed by atoms with Crippen LogP contribution < -0.4 is 4.72 Å². The Labute approximate surface area is 122 Å². The Morgan fingerprint density at radius 3 is 2.68 bits per heavy atom. The first kappa shape index (κ1) is 15.0. The Morgan fingerprint density at radius 2 is 1.95 bits per heavy atom. The quantitative estimate of drug-likeness (QED) is 0.825. The van der Waals surface area contributed by atoms with Crippen molar-refractivity contribution in [3.63, 3.8) is 0 Å². The maximum atomic E-state index is 12.3. The van der Waals surface area contributed by atoms with Crippen molar-refractivity contribution < 1.29 is 13.5 Å². The van der Waals surface area contributed by atoms with Gasteiger partial charge in [0.15, 0.2) is 0 Å². The Kier molecular flexibility index (Phi) is 5.00. The first-order valence-corrected chi connectivity index (χ1v) is 8.72. The minimum absolute atomic E-state index is 0.221. The van der Waals surface area contributed by atoms with E-state index in [0.29, 0.717) is 12.8 Å². The molecule has 4 nitrogen and oxygen atoms in total. The highest BCUT2D eigenvalue weighted by Gasteiger charge is 2.27. The molecule has 0 aliphatic heterocycles. The fourth-order valence-corrected chi connectivity index (χ4v) is 4.23. The summed E-state index contributed by atoms with van der Waals surface area (Å²) in [6.45, 7) is 0. The Hall–Kier alpha value is -0.430. The van der Waals surface area contributed by atoms with Crippen molar-refractivity contribution in [3.05, 3.63) is 28.7 Å². The van der Waals surface area contributed by atoms with Crippen LogP contribution in [0.25, 0.3) is 0 Å². The highest BCUT2D eigenvalue weighted by molar-refractivity contribution is 9.10. The lowest BCUT2D eigenvalue weighted by atomic mass is 10.1. The smallest absolute Gasteiger partial charge is 0.240 e. The van der Waals surface area contributed by atoms with Gasteiger partial charge < -0.3 is 5.11 Å². The third-order valence-corrected chi connectivity index (χ3v) is 5.37. The van der Waals surface area contributed by atoms with Crippen molar-refractivity contribution in [1.29, 1.82) is 0 Å². The van der Waals surface area contributed by atoms with Crippen LogP contribution in [0.5, 0.6) is 0 Å². The number of aliphatic hydroxyl groups excluding tert-OH is 1. The molecule has 1 fully saturated rings. The molecule has 2 rings (SSSR count). The van der Waals surface area contributed by atoms with Gasteiger partial charge in [-0.2, -0.15) is 0 Å². The number of sulfonamides is 1. The van der Waals surface area contributed by atoms with E-state index in [2.05, 4.69) is 20.7 Å². The second-order valence-electron chi connectivity index (χ2n) is 4.89. The zero-order valence-electron chi connectivity index (χ0n) is 10.5. The monoisotopic (exact) mass is 347 g/mol. The predicted octanol–water partition coefficient (Wildman–Crippen LogP) is 2.42. The Balaban J connectivity index is 2.16. The molecule has 1 aliphatic carbocycles. The average molecular weight is 348 g/mol. The van der Waals surface area contributed by atoms with Gasteiger partial charge in [0.1, 0.15) is 0 Å². The summed E-state index contributed by atoms with van der Waals surface area (Å²) in [5.41, 5.74) is 0. The van der Waals surface area contributed by atoms with Crippen LogP contribution in [0.2, 0.25) is 0 Å². The molecule has 6 heteroatoms. The molecule has 0 radical (unpaired) electrons. The fraction of sp³-hybridized carbons (Fsp3) is 0.538. The molecule has 1 aromatic rings. The van der Waals surface area contributed by atoms with E-state index >= 15 is 0 Å². The summed E-state index contributed by atoms with van der Waals surface area (Å²) in [7, 11) is -3.57. The third-order valence-electron chi connectivity index (χ3n) is 3.39. The molecule has 1 aliphatic rings. The molecule has 106 valence electrons. The van der Waals surface area contributed by atoms with Gasteiger partial charge in [0.2, 0.25) is 10.0 Å². The van der Waals surface area contributed by atoms with E-state index in [9.17, 15) is 13.5 Å². The summed E-state index contributed by atoms with van der Waals surface area (Å²) in [5.74, 6) is 0. The zero-order chi connectivity index (χ0) is 13.9. The molecular weight excluding hydrogens is 330 g/mol. The number of hydrogen-bond donors (Lipinski definition) is 2. The van der Waals surface area contributed by atoms with Gasteiger partial charge in [-0.3, -0.25) is 0 Å². The number of aliphatic hydroxyl groups is 1. The van der Waals surface area contributed by atoms with Crippen LogP contribution in [0, 0.1) is 0 Å². The normalized spacial score (nSPS) is 24.9.